The van der Waals surface area contributed by atoms with Gasteiger partial charge in [0, 0.05) is 12.5 Å². The fraction of sp³-hybridized carbons (Fsp3) is 0.462. The molecule has 0 amide bonds. The molecule has 1 aliphatic carbocycles. The first-order valence-electron chi connectivity index (χ1n) is 5.77. The third-order valence-corrected chi connectivity index (χ3v) is 3.16. The molecule has 0 radical (unpaired) electrons. The molecule has 1 saturated carbocycles. The van der Waals surface area contributed by atoms with Crippen LogP contribution in [-0.4, -0.2) is 21.8 Å². The molecule has 0 saturated heterocycles. The van der Waals surface area contributed by atoms with E-state index >= 15 is 0 Å². The molecule has 4 N–H and O–H groups in total. The molecule has 0 spiro atoms. The van der Waals surface area contributed by atoms with Gasteiger partial charge < -0.3 is 15.9 Å². The number of hydrogen-bond donors (Lipinski definition) is 3. The van der Waals surface area contributed by atoms with E-state index in [4.69, 9.17) is 10.8 Å². The van der Waals surface area contributed by atoms with Crippen molar-refractivity contribution in [1.29, 1.82) is 0 Å². The Kier molecular flexibility index (Phi) is 3.17. The van der Waals surface area contributed by atoms with Crippen LogP contribution in [0.4, 0.5) is 0 Å². The van der Waals surface area contributed by atoms with E-state index in [1.807, 2.05) is 24.3 Å². The molecular weight excluding hydrogens is 218 g/mol. The van der Waals surface area contributed by atoms with Crippen LogP contribution in [0, 0.1) is 0 Å². The minimum absolute atomic E-state index is 0.0662. The standard InChI is InChI=1S/C13H17NO3/c14-11(7-12(15)16)10-3-1-9(2-4-10)8-13(17)5-6-13/h1-4,11,17H,5-8,14H2,(H,15,16). The third-order valence-electron chi connectivity index (χ3n) is 3.16. The Labute approximate surface area is 100 Å². The Bertz CT molecular complexity index is 409. The van der Waals surface area contributed by atoms with Gasteiger partial charge in [-0.25, -0.2) is 0 Å². The molecule has 17 heavy (non-hydrogen) atoms. The van der Waals surface area contributed by atoms with Crippen molar-refractivity contribution in [3.63, 3.8) is 0 Å². The van der Waals surface area contributed by atoms with E-state index < -0.39 is 17.6 Å². The van der Waals surface area contributed by atoms with Crippen LogP contribution in [0.1, 0.15) is 36.4 Å². The van der Waals surface area contributed by atoms with Crippen molar-refractivity contribution in [2.45, 2.75) is 37.3 Å². The first-order valence-corrected chi connectivity index (χ1v) is 5.77. The molecule has 92 valence electrons. The fourth-order valence-corrected chi connectivity index (χ4v) is 1.89. The summed E-state index contributed by atoms with van der Waals surface area (Å²) in [4.78, 5) is 10.5. The molecule has 0 heterocycles. The Balaban J connectivity index is 1.99. The highest BCUT2D eigenvalue weighted by atomic mass is 16.4. The monoisotopic (exact) mass is 235 g/mol. The van der Waals surface area contributed by atoms with E-state index in [1.54, 1.807) is 0 Å². The van der Waals surface area contributed by atoms with E-state index in [0.717, 1.165) is 24.0 Å². The maximum absolute atomic E-state index is 10.5. The van der Waals surface area contributed by atoms with Crippen LogP contribution in [-0.2, 0) is 11.2 Å². The minimum atomic E-state index is -0.895. The van der Waals surface area contributed by atoms with Gasteiger partial charge in [0.1, 0.15) is 0 Å². The highest BCUT2D eigenvalue weighted by Crippen LogP contribution is 2.38. The average molecular weight is 235 g/mol. The van der Waals surface area contributed by atoms with E-state index in [-0.39, 0.29) is 6.42 Å². The van der Waals surface area contributed by atoms with Gasteiger partial charge >= 0.3 is 5.97 Å². The zero-order valence-corrected chi connectivity index (χ0v) is 9.60. The molecule has 4 nitrogen and oxygen atoms in total. The summed E-state index contributed by atoms with van der Waals surface area (Å²) < 4.78 is 0. The lowest BCUT2D eigenvalue weighted by Crippen LogP contribution is -2.15. The SMILES string of the molecule is NC(CC(=O)O)c1ccc(CC2(O)CC2)cc1. The Morgan fingerprint density at radius 2 is 1.94 bits per heavy atom. The van der Waals surface area contributed by atoms with Crippen molar-refractivity contribution in [1.82, 2.24) is 0 Å². The summed E-state index contributed by atoms with van der Waals surface area (Å²) in [5.74, 6) is -0.895. The molecule has 1 fully saturated rings. The van der Waals surface area contributed by atoms with E-state index in [0.29, 0.717) is 6.42 Å². The predicted molar refractivity (Wildman–Crippen MR) is 63.5 cm³/mol. The van der Waals surface area contributed by atoms with Gasteiger partial charge in [-0.3, -0.25) is 4.79 Å². The Morgan fingerprint density at radius 3 is 2.41 bits per heavy atom. The number of nitrogens with two attached hydrogens (primary N) is 1. The van der Waals surface area contributed by atoms with Crippen LogP contribution in [0.2, 0.25) is 0 Å². The van der Waals surface area contributed by atoms with Gasteiger partial charge in [-0.15, -0.1) is 0 Å². The first kappa shape index (κ1) is 12.1. The number of benzene rings is 1. The lowest BCUT2D eigenvalue weighted by molar-refractivity contribution is -0.137. The van der Waals surface area contributed by atoms with E-state index in [2.05, 4.69) is 0 Å². The van der Waals surface area contributed by atoms with Crippen LogP contribution >= 0.6 is 0 Å². The minimum Gasteiger partial charge on any atom is -0.481 e. The zero-order chi connectivity index (χ0) is 12.5. The van der Waals surface area contributed by atoms with Gasteiger partial charge in [0.05, 0.1) is 12.0 Å². The van der Waals surface area contributed by atoms with E-state index in [1.165, 1.54) is 0 Å². The van der Waals surface area contributed by atoms with Crippen LogP contribution in [0.3, 0.4) is 0 Å². The summed E-state index contributed by atoms with van der Waals surface area (Å²) in [6.45, 7) is 0. The van der Waals surface area contributed by atoms with E-state index in [9.17, 15) is 9.90 Å². The Hall–Kier alpha value is -1.39. The van der Waals surface area contributed by atoms with Gasteiger partial charge in [-0.2, -0.15) is 0 Å². The maximum Gasteiger partial charge on any atom is 0.305 e. The number of carbonyl (C=O) groups is 1. The van der Waals surface area contributed by atoms with Crippen molar-refractivity contribution in [2.75, 3.05) is 0 Å². The van der Waals surface area contributed by atoms with Crippen molar-refractivity contribution in [3.8, 4) is 0 Å². The summed E-state index contributed by atoms with van der Waals surface area (Å²) >= 11 is 0. The highest BCUT2D eigenvalue weighted by Gasteiger charge is 2.39. The van der Waals surface area contributed by atoms with Gasteiger partial charge in [0.15, 0.2) is 0 Å². The fourth-order valence-electron chi connectivity index (χ4n) is 1.89. The smallest absolute Gasteiger partial charge is 0.305 e. The summed E-state index contributed by atoms with van der Waals surface area (Å²) in [5, 5.41) is 18.4. The predicted octanol–water partition coefficient (Wildman–Crippen LogP) is 1.23. The molecule has 1 aromatic rings. The molecule has 0 aromatic heterocycles. The van der Waals surface area contributed by atoms with Crippen LogP contribution < -0.4 is 5.73 Å². The Morgan fingerprint density at radius 1 is 1.35 bits per heavy atom. The molecule has 1 unspecified atom stereocenters. The van der Waals surface area contributed by atoms with Crippen LogP contribution in [0.5, 0.6) is 0 Å². The topological polar surface area (TPSA) is 83.6 Å². The largest absolute Gasteiger partial charge is 0.481 e. The number of aliphatic carboxylic acids is 1. The highest BCUT2D eigenvalue weighted by molar-refractivity contribution is 5.67. The number of rotatable bonds is 5. The summed E-state index contributed by atoms with van der Waals surface area (Å²) in [6.07, 6.45) is 2.34. The lowest BCUT2D eigenvalue weighted by Gasteiger charge is -2.11. The van der Waals surface area contributed by atoms with Crippen molar-refractivity contribution in [2.24, 2.45) is 5.73 Å². The molecule has 0 aliphatic heterocycles. The molecule has 0 bridgehead atoms. The normalized spacial score (nSPS) is 18.7. The molecule has 4 heteroatoms. The number of carboxylic acid groups (broad SMARTS) is 1. The van der Waals surface area contributed by atoms with Crippen LogP contribution in [0.15, 0.2) is 24.3 Å². The van der Waals surface area contributed by atoms with Crippen molar-refractivity contribution < 1.29 is 15.0 Å². The van der Waals surface area contributed by atoms with Crippen LogP contribution in [0.25, 0.3) is 0 Å². The second-order valence-corrected chi connectivity index (χ2v) is 4.85. The molecule has 1 atom stereocenters. The lowest BCUT2D eigenvalue weighted by atomic mass is 10.00. The third kappa shape index (κ3) is 3.28. The van der Waals surface area contributed by atoms with Crippen molar-refractivity contribution in [3.05, 3.63) is 35.4 Å². The number of aliphatic hydroxyl groups is 1. The molecule has 1 aliphatic rings. The van der Waals surface area contributed by atoms with Crippen molar-refractivity contribution >= 4 is 5.97 Å². The molecular formula is C13H17NO3. The maximum atomic E-state index is 10.5. The van der Waals surface area contributed by atoms with Gasteiger partial charge in [-0.1, -0.05) is 24.3 Å². The molecule has 2 rings (SSSR count). The quantitative estimate of drug-likeness (QED) is 0.716. The van der Waals surface area contributed by atoms with Gasteiger partial charge in [0.25, 0.3) is 0 Å². The zero-order valence-electron chi connectivity index (χ0n) is 9.60. The first-order chi connectivity index (χ1) is 7.98. The summed E-state index contributed by atoms with van der Waals surface area (Å²) in [7, 11) is 0. The second kappa shape index (κ2) is 4.47. The summed E-state index contributed by atoms with van der Waals surface area (Å²) in [5.41, 5.74) is 7.14. The second-order valence-electron chi connectivity index (χ2n) is 4.85. The summed E-state index contributed by atoms with van der Waals surface area (Å²) in [6, 6.07) is 7.04. The number of carboxylic acids is 1. The van der Waals surface area contributed by atoms with Gasteiger partial charge in [0.2, 0.25) is 0 Å². The number of hydrogen-bond acceptors (Lipinski definition) is 3. The van der Waals surface area contributed by atoms with Gasteiger partial charge in [-0.05, 0) is 24.0 Å². The molecule has 1 aromatic carbocycles. The average Bonchev–Trinajstić information content (AvgIpc) is 2.96.